The van der Waals surface area contributed by atoms with Crippen LogP contribution in [-0.2, 0) is 28.7 Å². The minimum absolute atomic E-state index is 0.0109. The maximum atomic E-state index is 12.8. The van der Waals surface area contributed by atoms with Crippen LogP contribution in [0.5, 0.6) is 11.5 Å². The zero-order valence-electron chi connectivity index (χ0n) is 37.8. The first-order valence-corrected chi connectivity index (χ1v) is 22.0. The molecule has 0 radical (unpaired) electrons. The van der Waals surface area contributed by atoms with Crippen molar-refractivity contribution in [1.82, 2.24) is 10.2 Å². The topological polar surface area (TPSA) is 120 Å². The van der Waals surface area contributed by atoms with Crippen LogP contribution in [0.1, 0.15) is 131 Å². The second kappa shape index (κ2) is 18.9. The van der Waals surface area contributed by atoms with E-state index in [-0.39, 0.29) is 69.7 Å². The lowest BCUT2D eigenvalue weighted by molar-refractivity contribution is -0.153. The summed E-state index contributed by atoms with van der Waals surface area (Å²) in [6, 6.07) is 15.1. The molecule has 2 aromatic rings. The highest BCUT2D eigenvalue weighted by molar-refractivity contribution is 5.77. The molecule has 0 spiro atoms. The predicted molar refractivity (Wildman–Crippen MR) is 230 cm³/mol. The zero-order chi connectivity index (χ0) is 43.3. The van der Waals surface area contributed by atoms with Crippen molar-refractivity contribution >= 4 is 23.9 Å². The van der Waals surface area contributed by atoms with Crippen LogP contribution in [0, 0.1) is 49.4 Å². The Hall–Kier alpha value is -3.76. The molecule has 0 aromatic heterocycles. The van der Waals surface area contributed by atoms with Crippen LogP contribution in [0.3, 0.4) is 0 Å². The van der Waals surface area contributed by atoms with Crippen LogP contribution in [0.4, 0.5) is 0 Å². The molecule has 0 bridgehead atoms. The van der Waals surface area contributed by atoms with Gasteiger partial charge in [0.05, 0.1) is 36.9 Å². The van der Waals surface area contributed by atoms with Crippen molar-refractivity contribution < 1.29 is 38.1 Å². The number of nitrogens with zero attached hydrogens (tertiary/aromatic N) is 1. The van der Waals surface area contributed by atoms with Crippen LogP contribution in [0.2, 0.25) is 0 Å². The van der Waals surface area contributed by atoms with Crippen molar-refractivity contribution in [2.45, 2.75) is 156 Å². The number of rotatable bonds is 10. The SMILES string of the molecule is Cc1ccc(OC(=O)C2CCC(COC(=O)C3CC(C)(C)N(C)C3(C)C)CC2)cc1.Cc1ccc(OC(=O)C2CCC(COC(=O)C3CC(C)(C)NC3(C)C)CC2)cc1. The lowest BCUT2D eigenvalue weighted by atomic mass is 9.82. The summed E-state index contributed by atoms with van der Waals surface area (Å²) in [4.78, 5) is 52.6. The van der Waals surface area contributed by atoms with Crippen LogP contribution in [0.15, 0.2) is 48.5 Å². The fourth-order valence-corrected chi connectivity index (χ4v) is 9.77. The number of ether oxygens (including phenoxy) is 4. The Morgan fingerprint density at radius 3 is 1.31 bits per heavy atom. The monoisotopic (exact) mass is 817 g/mol. The fourth-order valence-electron chi connectivity index (χ4n) is 9.77. The average Bonchev–Trinajstić information content (AvgIpc) is 3.52. The normalized spacial score (nSPS) is 28.1. The molecule has 1 N–H and O–H groups in total. The van der Waals surface area contributed by atoms with Crippen molar-refractivity contribution in [3.8, 4) is 11.5 Å². The lowest BCUT2D eigenvalue weighted by Crippen LogP contribution is -2.48. The van der Waals surface area contributed by atoms with Gasteiger partial charge < -0.3 is 24.3 Å². The molecular weight excluding hydrogens is 745 g/mol. The van der Waals surface area contributed by atoms with Gasteiger partial charge in [0.1, 0.15) is 11.5 Å². The number of benzene rings is 2. The van der Waals surface area contributed by atoms with Crippen molar-refractivity contribution in [3.05, 3.63) is 59.7 Å². The van der Waals surface area contributed by atoms with E-state index in [9.17, 15) is 19.2 Å². The maximum Gasteiger partial charge on any atom is 0.314 e. The predicted octanol–water partition coefficient (Wildman–Crippen LogP) is 9.18. The van der Waals surface area contributed by atoms with E-state index in [1.54, 1.807) is 0 Å². The van der Waals surface area contributed by atoms with E-state index in [0.29, 0.717) is 36.5 Å². The molecule has 0 amide bonds. The number of carbonyl (C=O) groups is 4. The standard InChI is InChI=1S/C25H37NO4.C24H35NO4/c1-17-7-13-20(14-8-17)30-22(27)19-11-9-18(10-12-19)16-29-23(28)21-15-24(2,3)26(6)25(21,4)5;1-16-6-12-19(13-7-16)29-21(26)18-10-8-17(9-11-18)15-28-22(27)20-14-23(2,3)25-24(20,4)5/h7-8,13-14,18-19,21H,9-12,15-16H2,1-6H3;6-7,12-13,17-18,20,25H,8-11,14-15H2,1-5H3. The second-order valence-corrected chi connectivity index (χ2v) is 20.4. The molecule has 2 saturated carbocycles. The smallest absolute Gasteiger partial charge is 0.314 e. The third-order valence-corrected chi connectivity index (χ3v) is 13.9. The van der Waals surface area contributed by atoms with Gasteiger partial charge in [-0.15, -0.1) is 0 Å². The van der Waals surface area contributed by atoms with Gasteiger partial charge in [-0.2, -0.15) is 0 Å². The minimum atomic E-state index is -0.252. The number of likely N-dealkylation sites (tertiary alicyclic amines) is 1. The summed E-state index contributed by atoms with van der Waals surface area (Å²) < 4.78 is 22.5. The number of hydrogen-bond donors (Lipinski definition) is 1. The largest absolute Gasteiger partial charge is 0.465 e. The summed E-state index contributed by atoms with van der Waals surface area (Å²) in [6.07, 6.45) is 8.31. The van der Waals surface area contributed by atoms with E-state index in [1.165, 1.54) is 0 Å². The molecule has 2 aromatic carbocycles. The van der Waals surface area contributed by atoms with Crippen molar-refractivity contribution in [1.29, 1.82) is 0 Å². The second-order valence-electron chi connectivity index (χ2n) is 20.4. The summed E-state index contributed by atoms with van der Waals surface area (Å²) in [5.74, 6) is 1.01. The summed E-state index contributed by atoms with van der Waals surface area (Å²) >= 11 is 0. The third-order valence-electron chi connectivity index (χ3n) is 13.9. The Balaban J connectivity index is 0.000000224. The molecule has 2 atom stereocenters. The maximum absolute atomic E-state index is 12.8. The van der Waals surface area contributed by atoms with E-state index < -0.39 is 0 Å². The number of aryl methyl sites for hydroxylation is 2. The zero-order valence-corrected chi connectivity index (χ0v) is 37.8. The van der Waals surface area contributed by atoms with Gasteiger partial charge in [0.25, 0.3) is 0 Å². The average molecular weight is 817 g/mol. The lowest BCUT2D eigenvalue weighted by Gasteiger charge is -2.38. The molecule has 4 aliphatic rings. The van der Waals surface area contributed by atoms with E-state index in [0.717, 1.165) is 75.3 Å². The molecule has 2 unspecified atom stereocenters. The molecule has 2 aliphatic carbocycles. The number of carbonyl (C=O) groups excluding carboxylic acids is 4. The quantitative estimate of drug-likeness (QED) is 0.184. The van der Waals surface area contributed by atoms with Gasteiger partial charge in [-0.1, -0.05) is 35.4 Å². The van der Waals surface area contributed by atoms with Crippen molar-refractivity contribution in [2.24, 2.45) is 35.5 Å². The van der Waals surface area contributed by atoms with Crippen molar-refractivity contribution in [3.63, 3.8) is 0 Å². The van der Waals surface area contributed by atoms with Crippen LogP contribution in [-0.4, -0.2) is 71.2 Å². The van der Waals surface area contributed by atoms with Gasteiger partial charge in [-0.25, -0.2) is 0 Å². The number of nitrogens with one attached hydrogen (secondary N) is 1. The minimum Gasteiger partial charge on any atom is -0.465 e. The van der Waals surface area contributed by atoms with Gasteiger partial charge in [0.2, 0.25) is 0 Å². The number of esters is 4. The first-order chi connectivity index (χ1) is 27.6. The molecule has 2 aliphatic heterocycles. The highest BCUT2D eigenvalue weighted by Gasteiger charge is 2.53. The Labute approximate surface area is 353 Å². The third kappa shape index (κ3) is 12.2. The molecule has 59 heavy (non-hydrogen) atoms. The first kappa shape index (κ1) is 46.3. The van der Waals surface area contributed by atoms with Gasteiger partial charge in [0, 0.05) is 22.2 Å². The van der Waals surface area contributed by atoms with E-state index in [4.69, 9.17) is 18.9 Å². The van der Waals surface area contributed by atoms with E-state index >= 15 is 0 Å². The van der Waals surface area contributed by atoms with E-state index in [2.05, 4.69) is 72.7 Å². The Bertz CT molecular complexity index is 1750. The van der Waals surface area contributed by atoms with Crippen LogP contribution in [0.25, 0.3) is 0 Å². The van der Waals surface area contributed by atoms with Gasteiger partial charge in [-0.3, -0.25) is 24.1 Å². The molecule has 6 rings (SSSR count). The molecule has 2 saturated heterocycles. The van der Waals surface area contributed by atoms with Crippen LogP contribution < -0.4 is 14.8 Å². The molecule has 326 valence electrons. The Kier molecular flexibility index (Phi) is 14.8. The fraction of sp³-hybridized carbons (Fsp3) is 0.673. The van der Waals surface area contributed by atoms with E-state index in [1.807, 2.05) is 62.4 Å². The highest BCUT2D eigenvalue weighted by Crippen LogP contribution is 2.44. The van der Waals surface area contributed by atoms with Crippen molar-refractivity contribution in [2.75, 3.05) is 20.3 Å². The molecule has 4 fully saturated rings. The van der Waals surface area contributed by atoms with Crippen LogP contribution >= 0.6 is 0 Å². The summed E-state index contributed by atoms with van der Waals surface area (Å²) in [5.41, 5.74) is 1.75. The highest BCUT2D eigenvalue weighted by atomic mass is 16.5. The van der Waals surface area contributed by atoms with Gasteiger partial charge in [0.15, 0.2) is 0 Å². The molecular formula is C49H72N2O8. The summed E-state index contributed by atoms with van der Waals surface area (Å²) in [7, 11) is 2.09. The molecule has 10 heteroatoms. The summed E-state index contributed by atoms with van der Waals surface area (Å²) in [6.45, 7) is 21.9. The molecule has 10 nitrogen and oxygen atoms in total. The summed E-state index contributed by atoms with van der Waals surface area (Å²) in [5, 5.41) is 3.53. The first-order valence-electron chi connectivity index (χ1n) is 22.0. The van der Waals surface area contributed by atoms with Gasteiger partial charge in [-0.05, 0) is 177 Å². The Morgan fingerprint density at radius 2 is 0.966 bits per heavy atom. The number of hydrogen-bond acceptors (Lipinski definition) is 10. The Morgan fingerprint density at radius 1 is 0.576 bits per heavy atom. The van der Waals surface area contributed by atoms with Gasteiger partial charge >= 0.3 is 23.9 Å². The molecule has 2 heterocycles.